The van der Waals surface area contributed by atoms with Gasteiger partial charge in [-0.3, -0.25) is 9.69 Å². The van der Waals surface area contributed by atoms with E-state index in [2.05, 4.69) is 47.2 Å². The highest BCUT2D eigenvalue weighted by Crippen LogP contribution is 2.30. The number of benzene rings is 2. The van der Waals surface area contributed by atoms with Gasteiger partial charge in [-0.15, -0.1) is 0 Å². The van der Waals surface area contributed by atoms with Crippen molar-refractivity contribution < 1.29 is 9.53 Å². The molecule has 6 nitrogen and oxygen atoms in total. The number of ether oxygens (including phenoxy) is 1. The van der Waals surface area contributed by atoms with E-state index in [1.165, 1.54) is 10.3 Å². The van der Waals surface area contributed by atoms with E-state index in [9.17, 15) is 4.79 Å². The Morgan fingerprint density at radius 1 is 1.09 bits per heavy atom. The van der Waals surface area contributed by atoms with E-state index in [1.54, 1.807) is 11.3 Å². The van der Waals surface area contributed by atoms with Gasteiger partial charge in [0.25, 0.3) is 5.91 Å². The van der Waals surface area contributed by atoms with Gasteiger partial charge in [0.15, 0.2) is 5.13 Å². The molecular formula is C26H34N4O2S. The van der Waals surface area contributed by atoms with Crippen LogP contribution in [0.15, 0.2) is 42.5 Å². The number of carbonyl (C=O) groups is 1. The number of hydrogen-bond donors (Lipinski definition) is 1. The van der Waals surface area contributed by atoms with Crippen molar-refractivity contribution in [2.45, 2.75) is 33.1 Å². The van der Waals surface area contributed by atoms with Gasteiger partial charge in [-0.25, -0.2) is 4.98 Å². The van der Waals surface area contributed by atoms with Crippen molar-refractivity contribution in [2.75, 3.05) is 50.8 Å². The van der Waals surface area contributed by atoms with Crippen LogP contribution >= 0.6 is 11.3 Å². The third-order valence-corrected chi connectivity index (χ3v) is 7.17. The molecular weight excluding hydrogens is 432 g/mol. The zero-order valence-corrected chi connectivity index (χ0v) is 20.5. The van der Waals surface area contributed by atoms with Crippen molar-refractivity contribution in [1.82, 2.24) is 15.2 Å². The molecule has 0 radical (unpaired) electrons. The lowest BCUT2D eigenvalue weighted by atomic mass is 10.2. The molecule has 1 N–H and O–H groups in total. The molecule has 33 heavy (non-hydrogen) atoms. The first-order chi connectivity index (χ1) is 16.2. The van der Waals surface area contributed by atoms with Crippen LogP contribution in [0.4, 0.5) is 5.13 Å². The number of unbranched alkanes of at least 4 members (excludes halogenated alkanes) is 1. The van der Waals surface area contributed by atoms with Gasteiger partial charge in [0.1, 0.15) is 5.75 Å². The molecule has 1 saturated heterocycles. The first kappa shape index (κ1) is 23.5. The molecule has 2 heterocycles. The van der Waals surface area contributed by atoms with Crippen LogP contribution in [0.3, 0.4) is 0 Å². The standard InChI is InChI=1S/C26H34N4O2S/c1-3-5-18-32-22-9-7-21(8-10-22)25(31)27-12-13-29-14-16-30(17-15-29)26-28-23-11-6-20(4-2)19-24(23)33-26/h6-11,19H,3-5,12-18H2,1-2H3,(H,27,31). The summed E-state index contributed by atoms with van der Waals surface area (Å²) < 4.78 is 6.94. The summed E-state index contributed by atoms with van der Waals surface area (Å²) in [5, 5.41) is 4.16. The predicted octanol–water partition coefficient (Wildman–Crippen LogP) is 4.59. The Kier molecular flexibility index (Phi) is 8.18. The van der Waals surface area contributed by atoms with E-state index in [0.717, 1.165) is 68.4 Å². The Bertz CT molecular complexity index is 1040. The lowest BCUT2D eigenvalue weighted by Crippen LogP contribution is -2.48. The quantitative estimate of drug-likeness (QED) is 0.443. The van der Waals surface area contributed by atoms with Crippen LogP contribution in [-0.2, 0) is 6.42 Å². The molecule has 1 amide bonds. The number of aryl methyl sites for hydroxylation is 1. The van der Waals surface area contributed by atoms with Crippen LogP contribution in [-0.4, -0.2) is 61.7 Å². The van der Waals surface area contributed by atoms with E-state index in [0.29, 0.717) is 18.7 Å². The summed E-state index contributed by atoms with van der Waals surface area (Å²) in [4.78, 5) is 22.1. The number of fused-ring (bicyclic) bond motifs is 1. The Morgan fingerprint density at radius 3 is 2.61 bits per heavy atom. The third kappa shape index (κ3) is 6.24. The van der Waals surface area contributed by atoms with Crippen molar-refractivity contribution in [3.63, 3.8) is 0 Å². The Morgan fingerprint density at radius 2 is 1.88 bits per heavy atom. The lowest BCUT2D eigenvalue weighted by Gasteiger charge is -2.34. The molecule has 0 bridgehead atoms. The number of amides is 1. The first-order valence-corrected chi connectivity index (χ1v) is 12.9. The summed E-state index contributed by atoms with van der Waals surface area (Å²) in [6, 6.07) is 14.0. The molecule has 0 atom stereocenters. The van der Waals surface area contributed by atoms with Crippen LogP contribution in [0, 0.1) is 0 Å². The second kappa shape index (κ2) is 11.5. The van der Waals surface area contributed by atoms with Gasteiger partial charge in [0.2, 0.25) is 0 Å². The van der Waals surface area contributed by atoms with Gasteiger partial charge in [-0.1, -0.05) is 37.7 Å². The number of thiazole rings is 1. The number of hydrogen-bond acceptors (Lipinski definition) is 6. The van der Waals surface area contributed by atoms with E-state index in [1.807, 2.05) is 24.3 Å². The van der Waals surface area contributed by atoms with Gasteiger partial charge in [0, 0.05) is 44.8 Å². The molecule has 1 aliphatic rings. The van der Waals surface area contributed by atoms with Crippen molar-refractivity contribution in [1.29, 1.82) is 0 Å². The third-order valence-electron chi connectivity index (χ3n) is 6.09. The SMILES string of the molecule is CCCCOc1ccc(C(=O)NCCN2CCN(c3nc4ccc(CC)cc4s3)CC2)cc1. The molecule has 0 saturated carbocycles. The lowest BCUT2D eigenvalue weighted by molar-refractivity contribution is 0.0947. The molecule has 176 valence electrons. The maximum absolute atomic E-state index is 12.4. The highest BCUT2D eigenvalue weighted by molar-refractivity contribution is 7.22. The maximum Gasteiger partial charge on any atom is 0.251 e. The summed E-state index contributed by atoms with van der Waals surface area (Å²) in [5.74, 6) is 0.784. The molecule has 4 rings (SSSR count). The zero-order chi connectivity index (χ0) is 23.0. The zero-order valence-electron chi connectivity index (χ0n) is 19.7. The van der Waals surface area contributed by atoms with E-state index in [4.69, 9.17) is 9.72 Å². The fraction of sp³-hybridized carbons (Fsp3) is 0.462. The average molecular weight is 467 g/mol. The van der Waals surface area contributed by atoms with Crippen LogP contribution in [0.2, 0.25) is 0 Å². The number of nitrogens with zero attached hydrogens (tertiary/aromatic N) is 3. The molecule has 0 aliphatic carbocycles. The summed E-state index contributed by atoms with van der Waals surface area (Å²) >= 11 is 1.79. The highest BCUT2D eigenvalue weighted by atomic mass is 32.1. The highest BCUT2D eigenvalue weighted by Gasteiger charge is 2.20. The average Bonchev–Trinajstić information content (AvgIpc) is 3.28. The number of nitrogens with one attached hydrogen (secondary N) is 1. The van der Waals surface area contributed by atoms with E-state index < -0.39 is 0 Å². The Balaban J connectivity index is 1.19. The fourth-order valence-corrected chi connectivity index (χ4v) is 5.02. The molecule has 2 aromatic carbocycles. The minimum atomic E-state index is -0.0327. The van der Waals surface area contributed by atoms with Crippen LogP contribution in [0.1, 0.15) is 42.6 Å². The molecule has 1 aromatic heterocycles. The first-order valence-electron chi connectivity index (χ1n) is 12.0. The monoisotopic (exact) mass is 466 g/mol. The summed E-state index contributed by atoms with van der Waals surface area (Å²) in [6.07, 6.45) is 3.20. The summed E-state index contributed by atoms with van der Waals surface area (Å²) in [6.45, 7) is 10.4. The summed E-state index contributed by atoms with van der Waals surface area (Å²) in [5.41, 5.74) is 3.13. The van der Waals surface area contributed by atoms with Gasteiger partial charge >= 0.3 is 0 Å². The number of anilines is 1. The smallest absolute Gasteiger partial charge is 0.251 e. The fourth-order valence-electron chi connectivity index (χ4n) is 3.94. The number of aromatic nitrogens is 1. The van der Waals surface area contributed by atoms with Crippen LogP contribution < -0.4 is 15.0 Å². The van der Waals surface area contributed by atoms with Crippen LogP contribution in [0.5, 0.6) is 5.75 Å². The van der Waals surface area contributed by atoms with Crippen LogP contribution in [0.25, 0.3) is 10.2 Å². The molecule has 7 heteroatoms. The molecule has 1 fully saturated rings. The van der Waals surface area contributed by atoms with Crippen molar-refractivity contribution in [3.05, 3.63) is 53.6 Å². The topological polar surface area (TPSA) is 57.7 Å². The Labute approximate surface area is 200 Å². The molecule has 3 aromatic rings. The normalized spacial score (nSPS) is 14.5. The predicted molar refractivity (Wildman–Crippen MR) is 137 cm³/mol. The van der Waals surface area contributed by atoms with Gasteiger partial charge in [-0.05, 0) is 54.8 Å². The maximum atomic E-state index is 12.4. The summed E-state index contributed by atoms with van der Waals surface area (Å²) in [7, 11) is 0. The minimum absolute atomic E-state index is 0.0327. The molecule has 1 aliphatic heterocycles. The van der Waals surface area contributed by atoms with E-state index in [-0.39, 0.29) is 5.91 Å². The second-order valence-corrected chi connectivity index (χ2v) is 9.47. The minimum Gasteiger partial charge on any atom is -0.494 e. The molecule has 0 spiro atoms. The second-order valence-electron chi connectivity index (χ2n) is 8.46. The number of carbonyl (C=O) groups excluding carboxylic acids is 1. The number of piperazine rings is 1. The van der Waals surface area contributed by atoms with Gasteiger partial charge in [0.05, 0.1) is 16.8 Å². The van der Waals surface area contributed by atoms with Crippen molar-refractivity contribution in [3.8, 4) is 5.75 Å². The molecule has 0 unspecified atom stereocenters. The largest absolute Gasteiger partial charge is 0.494 e. The van der Waals surface area contributed by atoms with E-state index >= 15 is 0 Å². The van der Waals surface area contributed by atoms with Gasteiger partial charge in [-0.2, -0.15) is 0 Å². The Hall–Kier alpha value is -2.64. The van der Waals surface area contributed by atoms with Crippen molar-refractivity contribution in [2.24, 2.45) is 0 Å². The van der Waals surface area contributed by atoms with Gasteiger partial charge < -0.3 is 15.0 Å². The van der Waals surface area contributed by atoms with Crippen molar-refractivity contribution >= 4 is 32.6 Å². The number of rotatable bonds is 10.